The standard InChI is InChI=1S/C25H22ClN3O3S/c1-32-16-11-9-14(10-12-16)20-21-18(7-4-8-19(21)30)27-23-22(20)24(31)29-25(28-23)33-13-15-5-2-3-6-17(15)26/h2-3,5-6,9-12,20H,4,7-8,13H2,1H3,(H2,27,28,29,31)/t20-/m1/s1. The van der Waals surface area contributed by atoms with Crippen molar-refractivity contribution in [1.82, 2.24) is 9.97 Å². The first-order valence-electron chi connectivity index (χ1n) is 10.7. The molecule has 1 aromatic heterocycles. The van der Waals surface area contributed by atoms with Crippen LogP contribution in [0, 0.1) is 0 Å². The van der Waals surface area contributed by atoms with Gasteiger partial charge < -0.3 is 15.0 Å². The Morgan fingerprint density at radius 3 is 2.67 bits per heavy atom. The fourth-order valence-electron chi connectivity index (χ4n) is 4.40. The summed E-state index contributed by atoms with van der Waals surface area (Å²) >= 11 is 7.69. The van der Waals surface area contributed by atoms with Crippen molar-refractivity contribution in [3.63, 3.8) is 0 Å². The zero-order valence-electron chi connectivity index (χ0n) is 18.0. The number of ether oxygens (including phenoxy) is 1. The summed E-state index contributed by atoms with van der Waals surface area (Å²) in [4.78, 5) is 33.9. The van der Waals surface area contributed by atoms with Gasteiger partial charge in [0.2, 0.25) is 0 Å². The summed E-state index contributed by atoms with van der Waals surface area (Å²) < 4.78 is 5.28. The van der Waals surface area contributed by atoms with E-state index in [0.717, 1.165) is 35.4 Å². The Balaban J connectivity index is 1.56. The molecule has 0 spiro atoms. The van der Waals surface area contributed by atoms with Crippen LogP contribution < -0.4 is 15.6 Å². The highest BCUT2D eigenvalue weighted by Gasteiger charge is 2.37. The van der Waals surface area contributed by atoms with E-state index in [2.05, 4.69) is 10.3 Å². The van der Waals surface area contributed by atoms with Crippen molar-refractivity contribution < 1.29 is 9.53 Å². The number of ketones is 1. The van der Waals surface area contributed by atoms with Crippen LogP contribution >= 0.6 is 23.4 Å². The highest BCUT2D eigenvalue weighted by atomic mass is 35.5. The number of nitrogens with one attached hydrogen (secondary N) is 2. The fourth-order valence-corrected chi connectivity index (χ4v) is 5.55. The summed E-state index contributed by atoms with van der Waals surface area (Å²) in [5, 5.41) is 4.49. The second-order valence-corrected chi connectivity index (χ2v) is 9.38. The molecule has 8 heteroatoms. The molecule has 2 heterocycles. The van der Waals surface area contributed by atoms with Crippen molar-refractivity contribution in [2.75, 3.05) is 12.4 Å². The quantitative estimate of drug-likeness (QED) is 0.382. The fraction of sp³-hybridized carbons (Fsp3) is 0.240. The minimum atomic E-state index is -0.464. The van der Waals surface area contributed by atoms with Gasteiger partial charge in [-0.2, -0.15) is 0 Å². The molecule has 0 unspecified atom stereocenters. The molecule has 1 atom stereocenters. The smallest absolute Gasteiger partial charge is 0.257 e. The first-order valence-corrected chi connectivity index (χ1v) is 12.1. The SMILES string of the molecule is COc1ccc([C@@H]2C3=C(CCCC3=O)Nc3nc(SCc4ccccc4Cl)[nH]c(=O)c32)cc1. The van der Waals surface area contributed by atoms with Gasteiger partial charge in [0.15, 0.2) is 10.9 Å². The summed E-state index contributed by atoms with van der Waals surface area (Å²) in [6.45, 7) is 0. The number of methoxy groups -OCH3 is 1. The molecule has 2 aromatic carbocycles. The number of carbonyl (C=O) groups excluding carboxylic acids is 1. The lowest BCUT2D eigenvalue weighted by Crippen LogP contribution is -2.32. The summed E-state index contributed by atoms with van der Waals surface area (Å²) in [5.41, 5.74) is 3.58. The van der Waals surface area contributed by atoms with Crippen LogP contribution in [0.15, 0.2) is 69.8 Å². The number of aromatic amines is 1. The molecular formula is C25H22ClN3O3S. The highest BCUT2D eigenvalue weighted by Crippen LogP contribution is 2.43. The maximum atomic E-state index is 13.3. The number of thioether (sulfide) groups is 1. The van der Waals surface area contributed by atoms with Crippen molar-refractivity contribution in [1.29, 1.82) is 0 Å². The monoisotopic (exact) mass is 479 g/mol. The molecule has 3 aromatic rings. The van der Waals surface area contributed by atoms with Gasteiger partial charge in [0.25, 0.3) is 5.56 Å². The lowest BCUT2D eigenvalue weighted by Gasteiger charge is -2.32. The number of fused-ring (bicyclic) bond motifs is 1. The van der Waals surface area contributed by atoms with E-state index >= 15 is 0 Å². The highest BCUT2D eigenvalue weighted by molar-refractivity contribution is 7.98. The van der Waals surface area contributed by atoms with Crippen molar-refractivity contribution in [2.45, 2.75) is 36.1 Å². The number of nitrogens with zero attached hydrogens (tertiary/aromatic N) is 1. The van der Waals surface area contributed by atoms with Crippen LogP contribution in [0.5, 0.6) is 5.75 Å². The molecule has 2 N–H and O–H groups in total. The van der Waals surface area contributed by atoms with E-state index < -0.39 is 5.92 Å². The average molecular weight is 480 g/mol. The van der Waals surface area contributed by atoms with Gasteiger partial charge in [-0.25, -0.2) is 4.98 Å². The predicted molar refractivity (Wildman–Crippen MR) is 130 cm³/mol. The lowest BCUT2D eigenvalue weighted by molar-refractivity contribution is -0.116. The van der Waals surface area contributed by atoms with E-state index in [1.54, 1.807) is 7.11 Å². The molecule has 1 aliphatic heterocycles. The maximum absolute atomic E-state index is 13.3. The normalized spacial score (nSPS) is 17.3. The minimum absolute atomic E-state index is 0.0757. The second kappa shape index (κ2) is 9.08. The Labute approximate surface area is 200 Å². The topological polar surface area (TPSA) is 84.1 Å². The third-order valence-electron chi connectivity index (χ3n) is 6.01. The molecule has 0 saturated heterocycles. The first-order chi connectivity index (χ1) is 16.0. The number of aromatic nitrogens is 2. The average Bonchev–Trinajstić information content (AvgIpc) is 2.82. The number of carbonyl (C=O) groups is 1. The van der Waals surface area contributed by atoms with Crippen LogP contribution in [0.25, 0.3) is 0 Å². The molecular weight excluding hydrogens is 458 g/mol. The second-order valence-electron chi connectivity index (χ2n) is 8.01. The molecule has 0 saturated carbocycles. The molecule has 6 nitrogen and oxygen atoms in total. The molecule has 5 rings (SSSR count). The van der Waals surface area contributed by atoms with E-state index in [1.807, 2.05) is 48.5 Å². The van der Waals surface area contributed by atoms with Crippen LogP contribution in [-0.2, 0) is 10.5 Å². The van der Waals surface area contributed by atoms with Gasteiger partial charge in [-0.05, 0) is 42.2 Å². The van der Waals surface area contributed by atoms with Crippen LogP contribution in [0.3, 0.4) is 0 Å². The third-order valence-corrected chi connectivity index (χ3v) is 7.30. The number of halogens is 1. The summed E-state index contributed by atoms with van der Waals surface area (Å²) in [6, 6.07) is 15.1. The van der Waals surface area contributed by atoms with Gasteiger partial charge in [0.05, 0.1) is 12.7 Å². The molecule has 0 fully saturated rings. The van der Waals surface area contributed by atoms with Crippen molar-refractivity contribution in [2.24, 2.45) is 0 Å². The number of hydrogen-bond acceptors (Lipinski definition) is 6. The molecule has 1 aliphatic carbocycles. The first kappa shape index (κ1) is 21.8. The molecule has 0 amide bonds. The van der Waals surface area contributed by atoms with E-state index in [1.165, 1.54) is 11.8 Å². The molecule has 0 radical (unpaired) electrons. The Kier molecular flexibility index (Phi) is 6.00. The number of anilines is 1. The van der Waals surface area contributed by atoms with Gasteiger partial charge in [-0.15, -0.1) is 0 Å². The van der Waals surface area contributed by atoms with Gasteiger partial charge in [-0.1, -0.05) is 53.7 Å². The van der Waals surface area contributed by atoms with Crippen LogP contribution in [0.2, 0.25) is 5.02 Å². The van der Waals surface area contributed by atoms with Crippen LogP contribution in [-0.4, -0.2) is 22.9 Å². The van der Waals surface area contributed by atoms with Crippen molar-refractivity contribution in [3.05, 3.63) is 91.9 Å². The van der Waals surface area contributed by atoms with Crippen LogP contribution in [0.1, 0.15) is 41.9 Å². The number of H-pyrrole nitrogens is 1. The van der Waals surface area contributed by atoms with Gasteiger partial charge in [0.1, 0.15) is 11.6 Å². The van der Waals surface area contributed by atoms with Crippen molar-refractivity contribution >= 4 is 35.0 Å². The molecule has 2 aliphatic rings. The number of benzene rings is 2. The Bertz CT molecular complexity index is 1320. The van der Waals surface area contributed by atoms with Gasteiger partial charge in [-0.3, -0.25) is 9.59 Å². The summed E-state index contributed by atoms with van der Waals surface area (Å²) in [7, 11) is 1.61. The summed E-state index contributed by atoms with van der Waals surface area (Å²) in [5.74, 6) is 1.42. The van der Waals surface area contributed by atoms with E-state index in [9.17, 15) is 9.59 Å². The lowest BCUT2D eigenvalue weighted by atomic mass is 9.76. The van der Waals surface area contributed by atoms with E-state index in [0.29, 0.717) is 39.3 Å². The predicted octanol–water partition coefficient (Wildman–Crippen LogP) is 5.29. The molecule has 0 bridgehead atoms. The number of hydrogen-bond donors (Lipinski definition) is 2. The molecule has 33 heavy (non-hydrogen) atoms. The molecule has 168 valence electrons. The minimum Gasteiger partial charge on any atom is -0.497 e. The number of Topliss-reactive ketones (excluding diaryl/α,β-unsaturated/α-hetero) is 1. The third kappa shape index (κ3) is 4.18. The zero-order valence-corrected chi connectivity index (χ0v) is 19.6. The Morgan fingerprint density at radius 2 is 1.91 bits per heavy atom. The van der Waals surface area contributed by atoms with Crippen LogP contribution in [0.4, 0.5) is 5.82 Å². The van der Waals surface area contributed by atoms with E-state index in [4.69, 9.17) is 21.3 Å². The maximum Gasteiger partial charge on any atom is 0.257 e. The van der Waals surface area contributed by atoms with Crippen molar-refractivity contribution in [3.8, 4) is 5.75 Å². The Hall–Kier alpha value is -3.03. The van der Waals surface area contributed by atoms with Gasteiger partial charge >= 0.3 is 0 Å². The number of rotatable bonds is 5. The largest absolute Gasteiger partial charge is 0.497 e. The van der Waals surface area contributed by atoms with Gasteiger partial charge in [0, 0.05) is 34.4 Å². The zero-order chi connectivity index (χ0) is 22.9. The number of allylic oxidation sites excluding steroid dienone is 2. The summed E-state index contributed by atoms with van der Waals surface area (Å²) in [6.07, 6.45) is 2.02. The Morgan fingerprint density at radius 1 is 1.12 bits per heavy atom. The van der Waals surface area contributed by atoms with E-state index in [-0.39, 0.29) is 11.3 Å².